The number of aromatic nitrogens is 5. The average Bonchev–Trinajstić information content (AvgIpc) is 3.65. The second kappa shape index (κ2) is 8.47. The van der Waals surface area contributed by atoms with Crippen molar-refractivity contribution in [1.29, 1.82) is 0 Å². The summed E-state index contributed by atoms with van der Waals surface area (Å²) in [4.78, 5) is 23.0. The number of piperidine rings is 1. The number of hydrogen-bond acceptors (Lipinski definition) is 7. The van der Waals surface area contributed by atoms with E-state index in [1.54, 1.807) is 0 Å². The standard InChI is InChI=1S/C26H35N9O/c1-26(10-11-26)21-15-22(31-30-21)28-23-19-6-4-14-35(19)32-25(29-23)34-13-3-7-20(34)24(36)27-17-5-2-12-33(16-17)18-8-9-18/h4,6,14-15,17-18,20H,2-3,5,7-13,16H2,1H3,(H,27,36)(H2,28,29,30,31,32)/t17-,20+/m1/s1. The highest BCUT2D eigenvalue weighted by Gasteiger charge is 2.41. The van der Waals surface area contributed by atoms with Gasteiger partial charge in [0.1, 0.15) is 11.6 Å². The zero-order valence-corrected chi connectivity index (χ0v) is 20.9. The third-order valence-electron chi connectivity index (χ3n) is 8.53. The van der Waals surface area contributed by atoms with Crippen molar-refractivity contribution in [3.05, 3.63) is 30.1 Å². The maximum atomic E-state index is 13.4. The molecule has 4 fully saturated rings. The summed E-state index contributed by atoms with van der Waals surface area (Å²) < 4.78 is 1.84. The van der Waals surface area contributed by atoms with Crippen molar-refractivity contribution in [2.24, 2.45) is 0 Å². The van der Waals surface area contributed by atoms with Crippen LogP contribution in [0.5, 0.6) is 0 Å². The molecule has 0 unspecified atom stereocenters. The summed E-state index contributed by atoms with van der Waals surface area (Å²) in [6.45, 7) is 5.18. The van der Waals surface area contributed by atoms with Crippen molar-refractivity contribution < 1.29 is 4.79 Å². The summed E-state index contributed by atoms with van der Waals surface area (Å²) in [5.74, 6) is 2.13. The number of carbonyl (C=O) groups is 1. The smallest absolute Gasteiger partial charge is 0.246 e. The van der Waals surface area contributed by atoms with Gasteiger partial charge < -0.3 is 15.5 Å². The number of hydrogen-bond donors (Lipinski definition) is 3. The Hall–Kier alpha value is -3.14. The molecule has 36 heavy (non-hydrogen) atoms. The Balaban J connectivity index is 1.10. The Kier molecular flexibility index (Phi) is 5.20. The van der Waals surface area contributed by atoms with Crippen molar-refractivity contribution in [3.63, 3.8) is 0 Å². The van der Waals surface area contributed by atoms with Gasteiger partial charge in [-0.25, -0.2) is 4.52 Å². The van der Waals surface area contributed by atoms with Gasteiger partial charge in [-0.15, -0.1) is 5.10 Å². The van der Waals surface area contributed by atoms with E-state index in [1.165, 1.54) is 32.2 Å². The number of H-pyrrole nitrogens is 1. The van der Waals surface area contributed by atoms with Gasteiger partial charge in [-0.3, -0.25) is 14.8 Å². The van der Waals surface area contributed by atoms with Crippen LogP contribution in [-0.4, -0.2) is 73.4 Å². The Bertz CT molecular complexity index is 1270. The molecule has 2 saturated carbocycles. The number of aromatic amines is 1. The van der Waals surface area contributed by atoms with E-state index in [-0.39, 0.29) is 23.4 Å². The molecule has 3 aromatic rings. The molecule has 190 valence electrons. The van der Waals surface area contributed by atoms with E-state index in [9.17, 15) is 4.79 Å². The van der Waals surface area contributed by atoms with E-state index >= 15 is 0 Å². The zero-order valence-electron chi connectivity index (χ0n) is 20.9. The number of anilines is 3. The van der Waals surface area contributed by atoms with E-state index in [0.717, 1.165) is 61.8 Å². The van der Waals surface area contributed by atoms with Crippen molar-refractivity contribution in [1.82, 2.24) is 35.0 Å². The van der Waals surface area contributed by atoms with Crippen LogP contribution in [0.2, 0.25) is 0 Å². The predicted octanol–water partition coefficient (Wildman–Crippen LogP) is 2.96. The lowest BCUT2D eigenvalue weighted by atomic mass is 10.0. The van der Waals surface area contributed by atoms with Gasteiger partial charge >= 0.3 is 0 Å². The monoisotopic (exact) mass is 489 g/mol. The summed E-state index contributed by atoms with van der Waals surface area (Å²) in [5.41, 5.74) is 2.26. The van der Waals surface area contributed by atoms with Crippen molar-refractivity contribution in [3.8, 4) is 0 Å². The minimum atomic E-state index is -0.242. The number of nitrogens with zero attached hydrogens (tertiary/aromatic N) is 6. The first-order chi connectivity index (χ1) is 17.6. The van der Waals surface area contributed by atoms with Crippen LogP contribution in [0.15, 0.2) is 24.4 Å². The second-order valence-electron chi connectivity index (χ2n) is 11.4. The summed E-state index contributed by atoms with van der Waals surface area (Å²) in [6, 6.07) is 6.78. The molecule has 3 N–H and O–H groups in total. The Morgan fingerprint density at radius 2 is 2.03 bits per heavy atom. The lowest BCUT2D eigenvalue weighted by molar-refractivity contribution is -0.123. The molecular formula is C26H35N9O. The number of carbonyl (C=O) groups excluding carboxylic acids is 1. The number of fused-ring (bicyclic) bond motifs is 1. The second-order valence-corrected chi connectivity index (χ2v) is 11.4. The van der Waals surface area contributed by atoms with Crippen LogP contribution in [0.4, 0.5) is 17.6 Å². The average molecular weight is 490 g/mol. The fourth-order valence-electron chi connectivity index (χ4n) is 5.88. The van der Waals surface area contributed by atoms with Gasteiger partial charge in [-0.05, 0) is 70.0 Å². The van der Waals surface area contributed by atoms with Crippen molar-refractivity contribution >= 4 is 29.0 Å². The van der Waals surface area contributed by atoms with Crippen LogP contribution in [0.3, 0.4) is 0 Å². The molecule has 0 spiro atoms. The van der Waals surface area contributed by atoms with Gasteiger partial charge in [0.25, 0.3) is 0 Å². The number of amides is 1. The minimum absolute atomic E-state index is 0.107. The normalized spacial score (nSPS) is 25.9. The fourth-order valence-corrected chi connectivity index (χ4v) is 5.88. The maximum absolute atomic E-state index is 13.4. The van der Waals surface area contributed by atoms with Gasteiger partial charge in [0.2, 0.25) is 11.9 Å². The molecule has 2 atom stereocenters. The molecule has 3 aromatic heterocycles. The summed E-state index contributed by atoms with van der Waals surface area (Å²) >= 11 is 0. The molecule has 5 heterocycles. The van der Waals surface area contributed by atoms with E-state index in [0.29, 0.717) is 11.8 Å². The molecule has 1 amide bonds. The van der Waals surface area contributed by atoms with E-state index < -0.39 is 0 Å². The molecule has 10 heteroatoms. The molecule has 2 aliphatic carbocycles. The largest absolute Gasteiger partial charge is 0.350 e. The third-order valence-corrected chi connectivity index (χ3v) is 8.53. The minimum Gasteiger partial charge on any atom is -0.350 e. The van der Waals surface area contributed by atoms with Crippen LogP contribution in [0.1, 0.15) is 64.0 Å². The van der Waals surface area contributed by atoms with Crippen LogP contribution in [0, 0.1) is 0 Å². The third kappa shape index (κ3) is 4.11. The first-order valence-corrected chi connectivity index (χ1v) is 13.6. The van der Waals surface area contributed by atoms with Crippen LogP contribution < -0.4 is 15.5 Å². The Morgan fingerprint density at radius 3 is 2.86 bits per heavy atom. The molecular weight excluding hydrogens is 454 g/mol. The van der Waals surface area contributed by atoms with Gasteiger partial charge in [-0.1, -0.05) is 6.92 Å². The number of nitrogens with one attached hydrogen (secondary N) is 3. The Labute approximate surface area is 210 Å². The maximum Gasteiger partial charge on any atom is 0.246 e. The lowest BCUT2D eigenvalue weighted by Crippen LogP contribution is -2.53. The molecule has 2 aliphatic heterocycles. The van der Waals surface area contributed by atoms with E-state index in [4.69, 9.17) is 10.1 Å². The zero-order chi connectivity index (χ0) is 24.3. The molecule has 7 rings (SSSR count). The molecule has 0 bridgehead atoms. The lowest BCUT2D eigenvalue weighted by Gasteiger charge is -2.34. The van der Waals surface area contributed by atoms with Gasteiger partial charge in [0.15, 0.2) is 11.6 Å². The number of rotatable bonds is 7. The van der Waals surface area contributed by atoms with Gasteiger partial charge in [-0.2, -0.15) is 10.1 Å². The fraction of sp³-hybridized carbons (Fsp3) is 0.615. The van der Waals surface area contributed by atoms with Crippen LogP contribution in [-0.2, 0) is 10.2 Å². The van der Waals surface area contributed by atoms with Crippen molar-refractivity contribution in [2.75, 3.05) is 29.9 Å². The van der Waals surface area contributed by atoms with Gasteiger partial charge in [0.05, 0.1) is 0 Å². The van der Waals surface area contributed by atoms with Gasteiger partial charge in [0, 0.05) is 48.5 Å². The Morgan fingerprint density at radius 1 is 1.17 bits per heavy atom. The highest BCUT2D eigenvalue weighted by molar-refractivity contribution is 5.86. The summed E-state index contributed by atoms with van der Waals surface area (Å²) in [5, 5.41) is 19.2. The first kappa shape index (κ1) is 22.1. The molecule has 10 nitrogen and oxygen atoms in total. The summed E-state index contributed by atoms with van der Waals surface area (Å²) in [7, 11) is 0. The molecule has 0 radical (unpaired) electrons. The quantitative estimate of drug-likeness (QED) is 0.468. The molecule has 4 aliphatic rings. The summed E-state index contributed by atoms with van der Waals surface area (Å²) in [6.07, 6.45) is 10.9. The highest BCUT2D eigenvalue weighted by Crippen LogP contribution is 2.47. The van der Waals surface area contributed by atoms with E-state index in [2.05, 4.69) is 43.6 Å². The van der Waals surface area contributed by atoms with Crippen molar-refractivity contribution in [2.45, 2.75) is 81.8 Å². The van der Waals surface area contributed by atoms with Crippen LogP contribution >= 0.6 is 0 Å². The van der Waals surface area contributed by atoms with Crippen LogP contribution in [0.25, 0.3) is 5.52 Å². The highest BCUT2D eigenvalue weighted by atomic mass is 16.2. The SMILES string of the molecule is CC1(c2cc(Nc3nc(N4CCC[C@H]4C(=O)N[C@@H]4CCCN(C5CC5)C4)nn4cccc34)n[nH]2)CC1. The molecule has 2 saturated heterocycles. The topological polar surface area (TPSA) is 106 Å². The first-order valence-electron chi connectivity index (χ1n) is 13.6. The molecule has 0 aromatic carbocycles. The number of likely N-dealkylation sites (tertiary alicyclic amines) is 1. The van der Waals surface area contributed by atoms with E-state index in [1.807, 2.05) is 22.8 Å². The predicted molar refractivity (Wildman–Crippen MR) is 138 cm³/mol.